The number of fused-ring (bicyclic) bond motifs is 5. The van der Waals surface area contributed by atoms with Crippen LogP contribution in [0.2, 0.25) is 0 Å². The Labute approximate surface area is 130 Å². The van der Waals surface area contributed by atoms with Gasteiger partial charge in [-0.05, 0) is 32.0 Å². The fraction of sp³-hybridized carbons (Fsp3) is 0.375. The predicted molar refractivity (Wildman–Crippen MR) is 80.7 cm³/mol. The van der Waals surface area contributed by atoms with Gasteiger partial charge in [0.1, 0.15) is 0 Å². The first-order valence-electron chi connectivity index (χ1n) is 6.90. The van der Waals surface area contributed by atoms with Gasteiger partial charge in [-0.1, -0.05) is 34.1 Å². The third-order valence-corrected chi connectivity index (χ3v) is 5.29. The molecule has 0 aliphatic carbocycles. The number of halogens is 1. The van der Waals surface area contributed by atoms with Crippen LogP contribution in [-0.4, -0.2) is 23.0 Å². The van der Waals surface area contributed by atoms with Gasteiger partial charge in [0.05, 0.1) is 28.7 Å². The fourth-order valence-corrected chi connectivity index (χ4v) is 4.29. The zero-order valence-electron chi connectivity index (χ0n) is 11.7. The Hall–Kier alpha value is -1.46. The molecule has 21 heavy (non-hydrogen) atoms. The molecule has 2 saturated heterocycles. The van der Waals surface area contributed by atoms with E-state index in [4.69, 9.17) is 4.74 Å². The third-order valence-electron chi connectivity index (χ3n) is 4.79. The van der Waals surface area contributed by atoms with Crippen LogP contribution in [0.15, 0.2) is 40.9 Å². The Morgan fingerprint density at radius 1 is 1.10 bits per heavy atom. The van der Waals surface area contributed by atoms with Gasteiger partial charge in [0.25, 0.3) is 0 Å². The lowest BCUT2D eigenvalue weighted by Gasteiger charge is -2.25. The van der Waals surface area contributed by atoms with E-state index < -0.39 is 23.0 Å². The van der Waals surface area contributed by atoms with Gasteiger partial charge < -0.3 is 4.74 Å². The monoisotopic (exact) mass is 347 g/mol. The van der Waals surface area contributed by atoms with Gasteiger partial charge in [-0.15, -0.1) is 0 Å². The molecular weight excluding hydrogens is 334 g/mol. The Kier molecular flexibility index (Phi) is 2.42. The minimum atomic E-state index is -0.674. The molecule has 0 spiro atoms. The maximum absolute atomic E-state index is 12.8. The first-order chi connectivity index (χ1) is 9.86. The molecule has 2 bridgehead atoms. The number of ether oxygens (including phenoxy) is 1. The van der Waals surface area contributed by atoms with Gasteiger partial charge in [-0.2, -0.15) is 0 Å². The normalized spacial score (nSPS) is 40.2. The highest BCUT2D eigenvalue weighted by molar-refractivity contribution is 9.10. The summed E-state index contributed by atoms with van der Waals surface area (Å²) in [5.74, 6) is -1.20. The maximum Gasteiger partial charge on any atom is 0.241 e. The smallest absolute Gasteiger partial charge is 0.241 e. The van der Waals surface area contributed by atoms with E-state index in [1.807, 2.05) is 38.1 Å². The van der Waals surface area contributed by atoms with E-state index in [0.717, 1.165) is 4.47 Å². The van der Waals surface area contributed by atoms with Crippen molar-refractivity contribution >= 4 is 33.4 Å². The topological polar surface area (TPSA) is 46.6 Å². The summed E-state index contributed by atoms with van der Waals surface area (Å²) in [5, 5.41) is 0. The molecule has 108 valence electrons. The standard InChI is InChI=1S/C16H14BrNO3/c1-15-6-7-16(2,21-15)12-11(15)13(19)18(14(12)20)10-5-3-4-9(17)8-10/h3-8,11-12H,1-2H3. The van der Waals surface area contributed by atoms with Crippen LogP contribution in [0, 0.1) is 11.8 Å². The van der Waals surface area contributed by atoms with E-state index in [-0.39, 0.29) is 11.8 Å². The summed E-state index contributed by atoms with van der Waals surface area (Å²) >= 11 is 3.38. The van der Waals surface area contributed by atoms with E-state index >= 15 is 0 Å². The molecule has 0 N–H and O–H groups in total. The van der Waals surface area contributed by atoms with Crippen molar-refractivity contribution in [2.75, 3.05) is 4.90 Å². The van der Waals surface area contributed by atoms with Crippen LogP contribution in [0.25, 0.3) is 0 Å². The molecule has 3 aliphatic heterocycles. The summed E-state index contributed by atoms with van der Waals surface area (Å²) in [5.41, 5.74) is -0.736. The Morgan fingerprint density at radius 2 is 1.67 bits per heavy atom. The number of carbonyl (C=O) groups is 2. The number of rotatable bonds is 1. The van der Waals surface area contributed by atoms with Crippen molar-refractivity contribution in [1.29, 1.82) is 0 Å². The number of imide groups is 1. The second kappa shape index (κ2) is 3.84. The third kappa shape index (κ3) is 1.53. The van der Waals surface area contributed by atoms with Crippen LogP contribution in [0.1, 0.15) is 13.8 Å². The van der Waals surface area contributed by atoms with E-state index in [0.29, 0.717) is 5.69 Å². The summed E-state index contributed by atoms with van der Waals surface area (Å²) in [6, 6.07) is 7.26. The highest BCUT2D eigenvalue weighted by Gasteiger charge is 2.70. The first-order valence-corrected chi connectivity index (χ1v) is 7.69. The van der Waals surface area contributed by atoms with E-state index in [9.17, 15) is 9.59 Å². The van der Waals surface area contributed by atoms with Gasteiger partial charge in [0, 0.05) is 4.47 Å². The lowest BCUT2D eigenvalue weighted by molar-refractivity contribution is -0.128. The summed E-state index contributed by atoms with van der Waals surface area (Å²) in [6.07, 6.45) is 3.84. The molecule has 4 rings (SSSR count). The molecule has 1 aromatic rings. The van der Waals surface area contributed by atoms with Gasteiger partial charge in [-0.3, -0.25) is 9.59 Å². The molecule has 3 aliphatic rings. The summed E-state index contributed by atoms with van der Waals surface area (Å²) in [6.45, 7) is 3.77. The lowest BCUT2D eigenvalue weighted by Crippen LogP contribution is -2.39. The lowest BCUT2D eigenvalue weighted by atomic mass is 9.73. The molecule has 0 radical (unpaired) electrons. The van der Waals surface area contributed by atoms with Crippen molar-refractivity contribution in [2.24, 2.45) is 11.8 Å². The van der Waals surface area contributed by atoms with Crippen molar-refractivity contribution in [3.8, 4) is 0 Å². The second-order valence-electron chi connectivity index (χ2n) is 6.25. The molecular formula is C16H14BrNO3. The SMILES string of the molecule is CC12C=CC(C)(O1)C1C(=O)N(c3cccc(Br)c3)C(=O)C12. The molecule has 0 aromatic heterocycles. The Balaban J connectivity index is 1.82. The first kappa shape index (κ1) is 13.2. The summed E-state index contributed by atoms with van der Waals surface area (Å²) in [7, 11) is 0. The number of hydrogen-bond acceptors (Lipinski definition) is 3. The highest BCUT2D eigenvalue weighted by atomic mass is 79.9. The molecule has 4 unspecified atom stereocenters. The number of carbonyl (C=O) groups excluding carboxylic acids is 2. The average Bonchev–Trinajstić information content (AvgIpc) is 2.95. The zero-order chi connectivity index (χ0) is 15.0. The molecule has 1 aromatic carbocycles. The van der Waals surface area contributed by atoms with Crippen LogP contribution in [0.3, 0.4) is 0 Å². The summed E-state index contributed by atoms with van der Waals surface area (Å²) in [4.78, 5) is 27.0. The minimum absolute atomic E-state index is 0.168. The van der Waals surface area contributed by atoms with Gasteiger partial charge in [0.2, 0.25) is 11.8 Å². The molecule has 4 atom stereocenters. The Bertz CT molecular complexity index is 679. The van der Waals surface area contributed by atoms with E-state index in [2.05, 4.69) is 15.9 Å². The van der Waals surface area contributed by atoms with Crippen molar-refractivity contribution < 1.29 is 14.3 Å². The number of hydrogen-bond donors (Lipinski definition) is 0. The average molecular weight is 348 g/mol. The minimum Gasteiger partial charge on any atom is -0.359 e. The molecule has 0 saturated carbocycles. The maximum atomic E-state index is 12.8. The predicted octanol–water partition coefficient (Wildman–Crippen LogP) is 2.67. The quantitative estimate of drug-likeness (QED) is 0.579. The van der Waals surface area contributed by atoms with Crippen molar-refractivity contribution in [3.05, 3.63) is 40.9 Å². The molecule has 2 fully saturated rings. The van der Waals surface area contributed by atoms with E-state index in [1.54, 1.807) is 12.1 Å². The van der Waals surface area contributed by atoms with Crippen LogP contribution in [-0.2, 0) is 14.3 Å². The Morgan fingerprint density at radius 3 is 2.19 bits per heavy atom. The molecule has 2 amide bonds. The largest absolute Gasteiger partial charge is 0.359 e. The number of amides is 2. The van der Waals surface area contributed by atoms with E-state index in [1.165, 1.54) is 4.90 Å². The van der Waals surface area contributed by atoms with Gasteiger partial charge in [0.15, 0.2) is 0 Å². The summed E-state index contributed by atoms with van der Waals surface area (Å²) < 4.78 is 6.81. The zero-order valence-corrected chi connectivity index (χ0v) is 13.3. The van der Waals surface area contributed by atoms with Gasteiger partial charge >= 0.3 is 0 Å². The van der Waals surface area contributed by atoms with Crippen molar-refractivity contribution in [3.63, 3.8) is 0 Å². The van der Waals surface area contributed by atoms with Crippen molar-refractivity contribution in [2.45, 2.75) is 25.0 Å². The second-order valence-corrected chi connectivity index (χ2v) is 7.17. The molecule has 4 nitrogen and oxygen atoms in total. The van der Waals surface area contributed by atoms with Gasteiger partial charge in [-0.25, -0.2) is 4.90 Å². The fourth-order valence-electron chi connectivity index (χ4n) is 3.90. The number of benzene rings is 1. The van der Waals surface area contributed by atoms with Crippen LogP contribution >= 0.6 is 15.9 Å². The highest BCUT2D eigenvalue weighted by Crippen LogP contribution is 2.57. The van der Waals surface area contributed by atoms with Crippen LogP contribution < -0.4 is 4.90 Å². The van der Waals surface area contributed by atoms with Crippen molar-refractivity contribution in [1.82, 2.24) is 0 Å². The number of anilines is 1. The van der Waals surface area contributed by atoms with Crippen LogP contribution in [0.4, 0.5) is 5.69 Å². The molecule has 5 heteroatoms. The molecule has 3 heterocycles. The number of nitrogens with zero attached hydrogens (tertiary/aromatic N) is 1. The van der Waals surface area contributed by atoms with Crippen LogP contribution in [0.5, 0.6) is 0 Å².